The van der Waals surface area contributed by atoms with E-state index in [9.17, 15) is 19.8 Å². The molecular formula is C28H40N2O5. The lowest BCUT2D eigenvalue weighted by Gasteiger charge is -2.66. The first-order chi connectivity index (χ1) is 16.6. The summed E-state index contributed by atoms with van der Waals surface area (Å²) in [5, 5.41) is 27.7. The molecule has 1 aliphatic heterocycles. The predicted molar refractivity (Wildman–Crippen MR) is 131 cm³/mol. The SMILES string of the molecule is C[C@]12CC[C@H](N3CCNCC3=O)C[C@@]1(O)CC[C@@H]1[C@@H]2CC[C@]2(C)[C@@H](c3ccc(=O)oc3)CC[C@]12O. The van der Waals surface area contributed by atoms with Gasteiger partial charge < -0.3 is 24.8 Å². The standard InChI is InChI=1S/C28H40N2O5/c1-25-9-5-19(30-14-13-29-16-23(30)31)15-27(25,33)11-7-22-21(25)6-10-26(2)20(8-12-28(22,26)34)18-3-4-24(32)35-17-18/h3-4,17,19-22,29,33-34H,5-16H2,1-2H3/t19-,20+,21-,22+,25+,26+,27-,28-/m0/s1. The van der Waals surface area contributed by atoms with Gasteiger partial charge in [-0.15, -0.1) is 0 Å². The van der Waals surface area contributed by atoms with Crippen LogP contribution in [0.25, 0.3) is 0 Å². The third-order valence-corrected chi connectivity index (χ3v) is 11.7. The fourth-order valence-corrected chi connectivity index (χ4v) is 9.57. The molecule has 35 heavy (non-hydrogen) atoms. The lowest BCUT2D eigenvalue weighted by molar-refractivity contribution is -0.250. The largest absolute Gasteiger partial charge is 0.431 e. The average Bonchev–Trinajstić information content (AvgIpc) is 3.11. The molecule has 0 unspecified atom stereocenters. The van der Waals surface area contributed by atoms with E-state index in [1.54, 1.807) is 6.26 Å². The smallest absolute Gasteiger partial charge is 0.335 e. The van der Waals surface area contributed by atoms with Crippen molar-refractivity contribution >= 4 is 5.91 Å². The molecule has 1 aromatic heterocycles. The van der Waals surface area contributed by atoms with Gasteiger partial charge in [0.2, 0.25) is 5.91 Å². The third kappa shape index (κ3) is 3.20. The lowest BCUT2D eigenvalue weighted by atomic mass is 9.41. The molecule has 192 valence electrons. The van der Waals surface area contributed by atoms with Crippen LogP contribution in [-0.2, 0) is 4.79 Å². The zero-order valence-electron chi connectivity index (χ0n) is 21.1. The number of hydrogen-bond donors (Lipinski definition) is 3. The second-order valence-electron chi connectivity index (χ2n) is 12.7. The highest BCUT2D eigenvalue weighted by molar-refractivity contribution is 5.79. The maximum absolute atomic E-state index is 12.6. The van der Waals surface area contributed by atoms with Crippen molar-refractivity contribution in [1.29, 1.82) is 0 Å². The van der Waals surface area contributed by atoms with Crippen molar-refractivity contribution in [2.24, 2.45) is 22.7 Å². The van der Waals surface area contributed by atoms with Gasteiger partial charge >= 0.3 is 5.63 Å². The minimum absolute atomic E-state index is 0.111. The van der Waals surface area contributed by atoms with E-state index in [1.807, 2.05) is 11.0 Å². The van der Waals surface area contributed by atoms with Gasteiger partial charge in [0.1, 0.15) is 0 Å². The van der Waals surface area contributed by atoms with Crippen molar-refractivity contribution in [1.82, 2.24) is 10.2 Å². The monoisotopic (exact) mass is 484 g/mol. The maximum atomic E-state index is 12.6. The number of carbonyl (C=O) groups is 1. The van der Waals surface area contributed by atoms with Crippen molar-refractivity contribution in [3.63, 3.8) is 0 Å². The summed E-state index contributed by atoms with van der Waals surface area (Å²) >= 11 is 0. The van der Waals surface area contributed by atoms with Gasteiger partial charge in [-0.25, -0.2) is 4.79 Å². The Labute approximate surface area is 207 Å². The van der Waals surface area contributed by atoms with Gasteiger partial charge in [-0.3, -0.25) is 4.79 Å². The van der Waals surface area contributed by atoms with E-state index in [0.29, 0.717) is 19.4 Å². The fourth-order valence-electron chi connectivity index (χ4n) is 9.57. The van der Waals surface area contributed by atoms with Gasteiger partial charge in [0.05, 0.1) is 24.0 Å². The zero-order valence-corrected chi connectivity index (χ0v) is 21.1. The number of amides is 1. The molecule has 8 atom stereocenters. The van der Waals surface area contributed by atoms with Gasteiger partial charge in [-0.05, 0) is 92.6 Å². The van der Waals surface area contributed by atoms with Gasteiger partial charge in [-0.2, -0.15) is 0 Å². The summed E-state index contributed by atoms with van der Waals surface area (Å²) in [6, 6.07) is 3.48. The maximum Gasteiger partial charge on any atom is 0.335 e. The Morgan fingerprint density at radius 1 is 0.971 bits per heavy atom. The van der Waals surface area contributed by atoms with Crippen LogP contribution in [0, 0.1) is 22.7 Å². The van der Waals surface area contributed by atoms with E-state index in [-0.39, 0.29) is 46.2 Å². The first-order valence-electron chi connectivity index (χ1n) is 13.7. The second-order valence-corrected chi connectivity index (χ2v) is 12.7. The number of nitrogens with zero attached hydrogens (tertiary/aromatic N) is 1. The molecule has 0 aromatic carbocycles. The molecule has 3 N–H and O–H groups in total. The normalized spacial score (nSPS) is 47.7. The summed E-state index contributed by atoms with van der Waals surface area (Å²) in [4.78, 5) is 26.1. The summed E-state index contributed by atoms with van der Waals surface area (Å²) in [5.74, 6) is 0.746. The Balaban J connectivity index is 1.27. The zero-order chi connectivity index (χ0) is 24.6. The van der Waals surface area contributed by atoms with E-state index in [0.717, 1.165) is 63.6 Å². The van der Waals surface area contributed by atoms with E-state index >= 15 is 0 Å². The molecule has 2 heterocycles. The van der Waals surface area contributed by atoms with Crippen molar-refractivity contribution in [3.8, 4) is 0 Å². The Hall–Kier alpha value is -1.70. The molecule has 1 aromatic rings. The Kier molecular flexibility index (Phi) is 5.34. The van der Waals surface area contributed by atoms with Crippen LogP contribution >= 0.6 is 0 Å². The van der Waals surface area contributed by atoms with Crippen LogP contribution in [-0.4, -0.2) is 57.9 Å². The number of piperazine rings is 1. The summed E-state index contributed by atoms with van der Waals surface area (Å²) in [7, 11) is 0. The molecule has 1 saturated heterocycles. The van der Waals surface area contributed by atoms with E-state index < -0.39 is 11.2 Å². The number of hydrogen-bond acceptors (Lipinski definition) is 6. The second kappa shape index (κ2) is 7.90. The highest BCUT2D eigenvalue weighted by Gasteiger charge is 2.70. The minimum atomic E-state index is -0.798. The molecule has 0 spiro atoms. The third-order valence-electron chi connectivity index (χ3n) is 11.7. The minimum Gasteiger partial charge on any atom is -0.431 e. The van der Waals surface area contributed by atoms with Gasteiger partial charge in [-0.1, -0.05) is 13.8 Å². The van der Waals surface area contributed by atoms with Gasteiger partial charge in [0.15, 0.2) is 0 Å². The first-order valence-corrected chi connectivity index (χ1v) is 13.7. The van der Waals surface area contributed by atoms with Crippen LogP contribution < -0.4 is 10.9 Å². The van der Waals surface area contributed by atoms with Crippen molar-refractivity contribution in [2.45, 2.75) is 94.8 Å². The number of nitrogens with one attached hydrogen (secondary N) is 1. The Morgan fingerprint density at radius 2 is 1.74 bits per heavy atom. The van der Waals surface area contributed by atoms with Gasteiger partial charge in [0.25, 0.3) is 0 Å². The van der Waals surface area contributed by atoms with E-state index in [1.165, 1.54) is 6.07 Å². The molecule has 7 heteroatoms. The predicted octanol–water partition coefficient (Wildman–Crippen LogP) is 2.80. The molecule has 4 saturated carbocycles. The van der Waals surface area contributed by atoms with Crippen LogP contribution in [0.3, 0.4) is 0 Å². The topological polar surface area (TPSA) is 103 Å². The molecule has 0 radical (unpaired) electrons. The van der Waals surface area contributed by atoms with Crippen molar-refractivity contribution in [3.05, 3.63) is 34.4 Å². The van der Waals surface area contributed by atoms with Gasteiger partial charge in [0, 0.05) is 30.6 Å². The summed E-state index contributed by atoms with van der Waals surface area (Å²) < 4.78 is 5.20. The highest BCUT2D eigenvalue weighted by Crippen LogP contribution is 2.71. The van der Waals surface area contributed by atoms with Crippen molar-refractivity contribution < 1.29 is 19.4 Å². The fraction of sp³-hybridized carbons (Fsp3) is 0.786. The summed E-state index contributed by atoms with van der Waals surface area (Å²) in [5.41, 5.74) is -1.43. The number of carbonyl (C=O) groups excluding carboxylic acids is 1. The van der Waals surface area contributed by atoms with E-state index in [4.69, 9.17) is 4.42 Å². The summed E-state index contributed by atoms with van der Waals surface area (Å²) in [6.07, 6.45) is 9.11. The highest BCUT2D eigenvalue weighted by atomic mass is 16.4. The van der Waals surface area contributed by atoms with E-state index in [2.05, 4.69) is 19.2 Å². The molecule has 0 bridgehead atoms. The first kappa shape index (κ1) is 23.7. The van der Waals surface area contributed by atoms with Crippen LogP contribution in [0.1, 0.15) is 83.1 Å². The van der Waals surface area contributed by atoms with Crippen LogP contribution in [0.5, 0.6) is 0 Å². The van der Waals surface area contributed by atoms with Crippen LogP contribution in [0.2, 0.25) is 0 Å². The quantitative estimate of drug-likeness (QED) is 0.597. The molecule has 1 amide bonds. The molecule has 7 nitrogen and oxygen atoms in total. The summed E-state index contributed by atoms with van der Waals surface area (Å²) in [6.45, 7) is 6.45. The Bertz CT molecular complexity index is 1050. The molecular weight excluding hydrogens is 444 g/mol. The van der Waals surface area contributed by atoms with Crippen molar-refractivity contribution in [2.75, 3.05) is 19.6 Å². The number of rotatable bonds is 2. The number of aliphatic hydroxyl groups is 2. The molecule has 6 rings (SSSR count). The lowest BCUT2D eigenvalue weighted by Crippen LogP contribution is -2.68. The van der Waals surface area contributed by atoms with Crippen LogP contribution in [0.4, 0.5) is 0 Å². The molecule has 5 aliphatic rings. The number of fused-ring (bicyclic) bond motifs is 5. The molecule has 4 aliphatic carbocycles. The average molecular weight is 485 g/mol. The van der Waals surface area contributed by atoms with Crippen LogP contribution in [0.15, 0.2) is 27.6 Å². The molecule has 5 fully saturated rings. The Morgan fingerprint density at radius 3 is 2.49 bits per heavy atom.